The second kappa shape index (κ2) is 6.31. The molecule has 0 radical (unpaired) electrons. The molecule has 0 aromatic carbocycles. The molecule has 1 aromatic rings. The highest BCUT2D eigenvalue weighted by atomic mass is 35.5. The van der Waals surface area contributed by atoms with Gasteiger partial charge in [-0.25, -0.2) is 9.78 Å². The number of aromatic nitrogens is 1. The van der Waals surface area contributed by atoms with E-state index in [9.17, 15) is 4.79 Å². The molecule has 1 saturated heterocycles. The summed E-state index contributed by atoms with van der Waals surface area (Å²) < 4.78 is 0. The first-order valence-electron chi connectivity index (χ1n) is 6.82. The van der Waals surface area contributed by atoms with E-state index in [4.69, 9.17) is 11.6 Å². The van der Waals surface area contributed by atoms with Crippen molar-refractivity contribution in [2.24, 2.45) is 0 Å². The molecule has 0 aliphatic carbocycles. The van der Waals surface area contributed by atoms with Gasteiger partial charge in [0, 0.05) is 39.4 Å². The van der Waals surface area contributed by atoms with Crippen molar-refractivity contribution in [1.29, 1.82) is 0 Å². The Bertz CT molecular complexity index is 484. The molecule has 1 aliphatic rings. The maximum absolute atomic E-state index is 11.9. The van der Waals surface area contributed by atoms with Gasteiger partial charge in [0.25, 0.3) is 0 Å². The van der Waals surface area contributed by atoms with E-state index >= 15 is 0 Å². The van der Waals surface area contributed by atoms with Crippen LogP contribution in [0.3, 0.4) is 0 Å². The van der Waals surface area contributed by atoms with Gasteiger partial charge in [0.1, 0.15) is 0 Å². The van der Waals surface area contributed by atoms with Gasteiger partial charge in [-0.15, -0.1) is 0 Å². The largest absolute Gasteiger partial charge is 0.380 e. The van der Waals surface area contributed by atoms with Gasteiger partial charge in [0.05, 0.1) is 5.69 Å². The quantitative estimate of drug-likeness (QED) is 0.854. The topological polar surface area (TPSA) is 48.5 Å². The summed E-state index contributed by atoms with van der Waals surface area (Å²) in [4.78, 5) is 19.5. The number of anilines is 1. The molecule has 2 amide bonds. The third-order valence-corrected chi connectivity index (χ3v) is 3.78. The van der Waals surface area contributed by atoms with E-state index in [0.29, 0.717) is 11.2 Å². The van der Waals surface area contributed by atoms with Gasteiger partial charge in [-0.05, 0) is 31.4 Å². The molecule has 0 saturated carbocycles. The van der Waals surface area contributed by atoms with Gasteiger partial charge in [-0.2, -0.15) is 0 Å². The predicted molar refractivity (Wildman–Crippen MR) is 81.3 cm³/mol. The summed E-state index contributed by atoms with van der Waals surface area (Å²) >= 11 is 6.09. The number of amides is 2. The van der Waals surface area contributed by atoms with Crippen molar-refractivity contribution in [2.45, 2.75) is 25.8 Å². The Morgan fingerprint density at radius 2 is 2.10 bits per heavy atom. The zero-order valence-corrected chi connectivity index (χ0v) is 12.9. The van der Waals surface area contributed by atoms with E-state index in [-0.39, 0.29) is 6.03 Å². The number of carbonyl (C=O) groups excluding carboxylic acids is 1. The van der Waals surface area contributed by atoms with Crippen LogP contribution < -0.4 is 5.32 Å². The van der Waals surface area contributed by atoms with Crippen LogP contribution in [0.4, 0.5) is 10.5 Å². The van der Waals surface area contributed by atoms with Crippen LogP contribution in [0.2, 0.25) is 5.15 Å². The molecule has 110 valence electrons. The average molecular weight is 297 g/mol. The van der Waals surface area contributed by atoms with Crippen LogP contribution in [0.25, 0.3) is 0 Å². The molecule has 5 nitrogen and oxygen atoms in total. The van der Waals surface area contributed by atoms with Gasteiger partial charge >= 0.3 is 6.03 Å². The zero-order chi connectivity index (χ0) is 14.7. The van der Waals surface area contributed by atoms with Crippen LogP contribution >= 0.6 is 11.6 Å². The van der Waals surface area contributed by atoms with Gasteiger partial charge in [0.15, 0.2) is 5.15 Å². The van der Waals surface area contributed by atoms with Crippen LogP contribution in [0.15, 0.2) is 12.3 Å². The third kappa shape index (κ3) is 3.54. The molecule has 0 unspecified atom stereocenters. The van der Waals surface area contributed by atoms with Crippen molar-refractivity contribution >= 4 is 23.3 Å². The van der Waals surface area contributed by atoms with E-state index in [1.807, 2.05) is 17.9 Å². The number of nitrogens with one attached hydrogen (secondary N) is 1. The first-order chi connectivity index (χ1) is 9.47. The van der Waals surface area contributed by atoms with Gasteiger partial charge in [0.2, 0.25) is 0 Å². The Kier molecular flexibility index (Phi) is 4.70. The summed E-state index contributed by atoms with van der Waals surface area (Å²) in [5.41, 5.74) is 1.96. The second-order valence-corrected chi connectivity index (χ2v) is 5.79. The Labute approximate surface area is 124 Å². The van der Waals surface area contributed by atoms with E-state index < -0.39 is 0 Å². The number of piperidine rings is 1. The molecule has 20 heavy (non-hydrogen) atoms. The number of rotatable bonds is 2. The second-order valence-electron chi connectivity index (χ2n) is 5.43. The Morgan fingerprint density at radius 3 is 2.70 bits per heavy atom. The lowest BCUT2D eigenvalue weighted by Gasteiger charge is -2.34. The van der Waals surface area contributed by atoms with E-state index in [2.05, 4.69) is 10.3 Å². The Hall–Kier alpha value is -1.49. The molecule has 2 rings (SSSR count). The van der Waals surface area contributed by atoms with Crippen LogP contribution in [0.1, 0.15) is 18.4 Å². The zero-order valence-electron chi connectivity index (χ0n) is 12.2. The molecular formula is C14H21ClN4O. The number of hydrogen-bond acceptors (Lipinski definition) is 3. The summed E-state index contributed by atoms with van der Waals surface area (Å²) in [6, 6.07) is 2.42. The molecular weight excluding hydrogens is 276 g/mol. The lowest BCUT2D eigenvalue weighted by Crippen LogP contribution is -2.46. The highest BCUT2D eigenvalue weighted by Crippen LogP contribution is 2.23. The molecule has 0 spiro atoms. The van der Waals surface area contributed by atoms with Crippen molar-refractivity contribution in [3.63, 3.8) is 0 Å². The molecule has 6 heteroatoms. The number of nitrogens with zero attached hydrogens (tertiary/aromatic N) is 3. The van der Waals surface area contributed by atoms with E-state index in [1.54, 1.807) is 25.2 Å². The summed E-state index contributed by atoms with van der Waals surface area (Å²) in [5, 5.41) is 3.93. The molecule has 1 aliphatic heterocycles. The average Bonchev–Trinajstić information content (AvgIpc) is 2.43. The first kappa shape index (κ1) is 14.9. The minimum Gasteiger partial charge on any atom is -0.380 e. The van der Waals surface area contributed by atoms with Crippen molar-refractivity contribution < 1.29 is 4.79 Å². The number of aryl methyl sites for hydroxylation is 1. The van der Waals surface area contributed by atoms with Crippen LogP contribution in [0, 0.1) is 6.92 Å². The summed E-state index contributed by atoms with van der Waals surface area (Å²) in [5.74, 6) is 0. The number of halogens is 1. The monoisotopic (exact) mass is 296 g/mol. The Morgan fingerprint density at radius 1 is 1.45 bits per heavy atom. The summed E-state index contributed by atoms with van der Waals surface area (Å²) in [7, 11) is 3.57. The number of pyridine rings is 1. The van der Waals surface area contributed by atoms with Gasteiger partial charge in [-0.3, -0.25) is 0 Å². The normalized spacial score (nSPS) is 16.1. The molecule has 1 N–H and O–H groups in total. The van der Waals surface area contributed by atoms with Gasteiger partial charge in [-0.1, -0.05) is 11.6 Å². The van der Waals surface area contributed by atoms with Crippen LogP contribution in [-0.4, -0.2) is 54.0 Å². The fourth-order valence-electron chi connectivity index (χ4n) is 2.37. The molecule has 1 fully saturated rings. The lowest BCUT2D eigenvalue weighted by molar-refractivity contribution is 0.158. The minimum atomic E-state index is 0.0821. The van der Waals surface area contributed by atoms with Crippen LogP contribution in [0.5, 0.6) is 0 Å². The first-order valence-corrected chi connectivity index (χ1v) is 7.20. The SMILES string of the molecule is Cc1cnc(Cl)c(NC2CCN(C(=O)N(C)C)CC2)c1. The highest BCUT2D eigenvalue weighted by molar-refractivity contribution is 6.31. The van der Waals surface area contributed by atoms with Gasteiger partial charge < -0.3 is 15.1 Å². The maximum atomic E-state index is 11.9. The lowest BCUT2D eigenvalue weighted by atomic mass is 10.0. The molecule has 2 heterocycles. The minimum absolute atomic E-state index is 0.0821. The summed E-state index contributed by atoms with van der Waals surface area (Å²) in [6.07, 6.45) is 3.60. The van der Waals surface area contributed by atoms with E-state index in [0.717, 1.165) is 37.2 Å². The highest BCUT2D eigenvalue weighted by Gasteiger charge is 2.24. The predicted octanol–water partition coefficient (Wildman–Crippen LogP) is 2.60. The standard InChI is InChI=1S/C14H21ClN4O/c1-10-8-12(13(15)16-9-10)17-11-4-6-19(7-5-11)14(20)18(2)3/h8-9,11,17H,4-7H2,1-3H3. The van der Waals surface area contributed by atoms with Crippen molar-refractivity contribution in [2.75, 3.05) is 32.5 Å². The smallest absolute Gasteiger partial charge is 0.319 e. The molecule has 0 bridgehead atoms. The van der Waals surface area contributed by atoms with Crippen molar-refractivity contribution in [3.8, 4) is 0 Å². The fraction of sp³-hybridized carbons (Fsp3) is 0.571. The molecule has 1 aromatic heterocycles. The number of hydrogen-bond donors (Lipinski definition) is 1. The number of likely N-dealkylation sites (tertiary alicyclic amines) is 1. The van der Waals surface area contributed by atoms with Crippen molar-refractivity contribution in [3.05, 3.63) is 23.0 Å². The fourth-order valence-corrected chi connectivity index (χ4v) is 2.53. The number of urea groups is 1. The Balaban J connectivity index is 1.91. The maximum Gasteiger partial charge on any atom is 0.319 e. The third-order valence-electron chi connectivity index (χ3n) is 3.48. The molecule has 0 atom stereocenters. The van der Waals surface area contributed by atoms with Crippen molar-refractivity contribution in [1.82, 2.24) is 14.8 Å². The van der Waals surface area contributed by atoms with Crippen LogP contribution in [-0.2, 0) is 0 Å². The van der Waals surface area contributed by atoms with E-state index in [1.165, 1.54) is 0 Å². The summed E-state index contributed by atoms with van der Waals surface area (Å²) in [6.45, 7) is 3.53. The number of carbonyl (C=O) groups is 1.